The fourth-order valence-electron chi connectivity index (χ4n) is 2.99. The second-order valence-electron chi connectivity index (χ2n) is 6.50. The predicted molar refractivity (Wildman–Crippen MR) is 104 cm³/mol. The van der Waals surface area contributed by atoms with Crippen molar-refractivity contribution in [3.05, 3.63) is 59.9 Å². The van der Waals surface area contributed by atoms with Crippen LogP contribution in [0.25, 0.3) is 10.9 Å². The number of ether oxygens (including phenoxy) is 2. The van der Waals surface area contributed by atoms with Crippen LogP contribution in [0, 0.1) is 0 Å². The number of pyridine rings is 2. The first kappa shape index (κ1) is 18.1. The van der Waals surface area contributed by atoms with Crippen molar-refractivity contribution in [2.75, 3.05) is 21.3 Å². The van der Waals surface area contributed by atoms with E-state index in [2.05, 4.69) is 41.0 Å². The van der Waals surface area contributed by atoms with E-state index in [-0.39, 0.29) is 0 Å². The molecule has 0 saturated heterocycles. The maximum absolute atomic E-state index is 5.53. The van der Waals surface area contributed by atoms with Gasteiger partial charge in [0.1, 0.15) is 5.75 Å². The molecule has 2 aromatic heterocycles. The van der Waals surface area contributed by atoms with Gasteiger partial charge in [0.05, 0.1) is 19.7 Å². The van der Waals surface area contributed by atoms with Crippen LogP contribution in [0.15, 0.2) is 48.7 Å². The summed E-state index contributed by atoms with van der Waals surface area (Å²) in [4.78, 5) is 11.4. The van der Waals surface area contributed by atoms with E-state index in [9.17, 15) is 0 Å². The molecule has 0 aliphatic heterocycles. The Labute approximate surface area is 154 Å². The van der Waals surface area contributed by atoms with E-state index < -0.39 is 0 Å². The van der Waals surface area contributed by atoms with Crippen molar-refractivity contribution in [3.63, 3.8) is 0 Å². The van der Waals surface area contributed by atoms with Crippen LogP contribution in [-0.2, 0) is 13.0 Å². The standard InChI is InChI=1S/C21H25N3O2/c1-15(11-18-7-5-6-10-22-18)24(2)14-17-12-16-8-9-19(25-3)13-20(16)23-21(17)26-4/h5-10,12-13,15H,11,14H2,1-4H3/t15-/m0/s1. The zero-order chi connectivity index (χ0) is 18.5. The molecule has 26 heavy (non-hydrogen) atoms. The van der Waals surface area contributed by atoms with Gasteiger partial charge in [-0.05, 0) is 44.3 Å². The average Bonchev–Trinajstić information content (AvgIpc) is 2.67. The van der Waals surface area contributed by atoms with Crippen LogP contribution in [0.4, 0.5) is 0 Å². The van der Waals surface area contributed by atoms with E-state index in [1.54, 1.807) is 14.2 Å². The van der Waals surface area contributed by atoms with Crippen molar-refractivity contribution in [3.8, 4) is 11.6 Å². The number of fused-ring (bicyclic) bond motifs is 1. The summed E-state index contributed by atoms with van der Waals surface area (Å²) >= 11 is 0. The molecule has 0 bridgehead atoms. The lowest BCUT2D eigenvalue weighted by Gasteiger charge is -2.25. The van der Waals surface area contributed by atoms with Crippen molar-refractivity contribution in [2.24, 2.45) is 0 Å². The predicted octanol–water partition coefficient (Wildman–Crippen LogP) is 3.71. The zero-order valence-electron chi connectivity index (χ0n) is 15.8. The van der Waals surface area contributed by atoms with Crippen molar-refractivity contribution in [1.82, 2.24) is 14.9 Å². The molecular weight excluding hydrogens is 326 g/mol. The quantitative estimate of drug-likeness (QED) is 0.649. The van der Waals surface area contributed by atoms with Crippen LogP contribution in [0.3, 0.4) is 0 Å². The number of hydrogen-bond donors (Lipinski definition) is 0. The number of nitrogens with zero attached hydrogens (tertiary/aromatic N) is 3. The number of aromatic nitrogens is 2. The number of rotatable bonds is 7. The maximum Gasteiger partial charge on any atom is 0.218 e. The molecule has 136 valence electrons. The Balaban J connectivity index is 1.80. The third-order valence-electron chi connectivity index (χ3n) is 4.66. The molecule has 0 fully saturated rings. The molecule has 1 atom stereocenters. The van der Waals surface area contributed by atoms with E-state index in [1.807, 2.05) is 36.5 Å². The topological polar surface area (TPSA) is 47.5 Å². The molecule has 0 amide bonds. The van der Waals surface area contributed by atoms with Crippen molar-refractivity contribution >= 4 is 10.9 Å². The highest BCUT2D eigenvalue weighted by Gasteiger charge is 2.15. The first-order chi connectivity index (χ1) is 12.6. The monoisotopic (exact) mass is 351 g/mol. The molecule has 1 aromatic carbocycles. The van der Waals surface area contributed by atoms with Gasteiger partial charge >= 0.3 is 0 Å². The first-order valence-electron chi connectivity index (χ1n) is 8.72. The molecule has 5 nitrogen and oxygen atoms in total. The van der Waals surface area contributed by atoms with Gasteiger partial charge in [-0.1, -0.05) is 6.07 Å². The molecule has 0 saturated carbocycles. The number of hydrogen-bond acceptors (Lipinski definition) is 5. The summed E-state index contributed by atoms with van der Waals surface area (Å²) in [7, 11) is 5.44. The third-order valence-corrected chi connectivity index (χ3v) is 4.66. The van der Waals surface area contributed by atoms with Crippen molar-refractivity contribution < 1.29 is 9.47 Å². The lowest BCUT2D eigenvalue weighted by atomic mass is 10.1. The average molecular weight is 351 g/mol. The Kier molecular flexibility index (Phi) is 5.68. The van der Waals surface area contributed by atoms with E-state index in [1.165, 1.54) is 0 Å². The Hall–Kier alpha value is -2.66. The van der Waals surface area contributed by atoms with Crippen LogP contribution in [0.1, 0.15) is 18.2 Å². The molecule has 0 N–H and O–H groups in total. The minimum Gasteiger partial charge on any atom is -0.497 e. The zero-order valence-corrected chi connectivity index (χ0v) is 15.8. The molecule has 0 unspecified atom stereocenters. The largest absolute Gasteiger partial charge is 0.497 e. The van der Waals surface area contributed by atoms with Crippen LogP contribution in [0.2, 0.25) is 0 Å². The summed E-state index contributed by atoms with van der Waals surface area (Å²) in [5.74, 6) is 1.45. The molecule has 0 radical (unpaired) electrons. The normalized spacial score (nSPS) is 12.3. The van der Waals surface area contributed by atoms with E-state index in [0.29, 0.717) is 11.9 Å². The molecule has 0 spiro atoms. The molecule has 5 heteroatoms. The Morgan fingerprint density at radius 1 is 1.08 bits per heavy atom. The summed E-state index contributed by atoms with van der Waals surface area (Å²) < 4.78 is 10.8. The second kappa shape index (κ2) is 8.15. The highest BCUT2D eigenvalue weighted by Crippen LogP contribution is 2.26. The Morgan fingerprint density at radius 2 is 1.92 bits per heavy atom. The van der Waals surface area contributed by atoms with Gasteiger partial charge < -0.3 is 9.47 Å². The summed E-state index contributed by atoms with van der Waals surface area (Å²) in [6.07, 6.45) is 2.74. The van der Waals surface area contributed by atoms with Crippen LogP contribution < -0.4 is 9.47 Å². The number of methoxy groups -OCH3 is 2. The molecule has 3 aromatic rings. The third kappa shape index (κ3) is 4.11. The summed E-state index contributed by atoms with van der Waals surface area (Å²) in [6, 6.07) is 14.4. The van der Waals surface area contributed by atoms with E-state index >= 15 is 0 Å². The minimum atomic E-state index is 0.348. The van der Waals surface area contributed by atoms with Gasteiger partial charge in [-0.25, -0.2) is 4.98 Å². The van der Waals surface area contributed by atoms with E-state index in [4.69, 9.17) is 9.47 Å². The molecule has 3 rings (SSSR count). The molecule has 2 heterocycles. The van der Waals surface area contributed by atoms with Gasteiger partial charge in [0.25, 0.3) is 0 Å². The van der Waals surface area contributed by atoms with E-state index in [0.717, 1.165) is 40.9 Å². The summed E-state index contributed by atoms with van der Waals surface area (Å²) in [5.41, 5.74) is 3.04. The molecule has 0 aliphatic carbocycles. The minimum absolute atomic E-state index is 0.348. The first-order valence-corrected chi connectivity index (χ1v) is 8.72. The maximum atomic E-state index is 5.53. The number of benzene rings is 1. The number of likely N-dealkylation sites (N-methyl/N-ethyl adjacent to an activating group) is 1. The Bertz CT molecular complexity index is 868. The highest BCUT2D eigenvalue weighted by molar-refractivity contribution is 5.81. The fraction of sp³-hybridized carbons (Fsp3) is 0.333. The molecule has 0 aliphatic rings. The van der Waals surface area contributed by atoms with Crippen LogP contribution in [0.5, 0.6) is 11.6 Å². The van der Waals surface area contributed by atoms with Crippen LogP contribution in [-0.4, -0.2) is 42.2 Å². The van der Waals surface area contributed by atoms with Gasteiger partial charge in [-0.3, -0.25) is 9.88 Å². The fourth-order valence-corrected chi connectivity index (χ4v) is 2.99. The Morgan fingerprint density at radius 3 is 2.62 bits per heavy atom. The van der Waals surface area contributed by atoms with Crippen molar-refractivity contribution in [1.29, 1.82) is 0 Å². The van der Waals surface area contributed by atoms with Gasteiger partial charge in [0, 0.05) is 47.9 Å². The summed E-state index contributed by atoms with van der Waals surface area (Å²) in [6.45, 7) is 2.96. The molecular formula is C21H25N3O2. The summed E-state index contributed by atoms with van der Waals surface area (Å²) in [5, 5.41) is 1.08. The lowest BCUT2D eigenvalue weighted by molar-refractivity contribution is 0.242. The van der Waals surface area contributed by atoms with Gasteiger partial charge in [0.15, 0.2) is 0 Å². The van der Waals surface area contributed by atoms with Gasteiger partial charge in [-0.2, -0.15) is 0 Å². The van der Waals surface area contributed by atoms with Crippen LogP contribution >= 0.6 is 0 Å². The highest BCUT2D eigenvalue weighted by atomic mass is 16.5. The van der Waals surface area contributed by atoms with Crippen molar-refractivity contribution in [2.45, 2.75) is 25.9 Å². The SMILES string of the molecule is COc1ccc2cc(CN(C)[C@@H](C)Cc3ccccn3)c(OC)nc2c1. The smallest absolute Gasteiger partial charge is 0.218 e. The lowest BCUT2D eigenvalue weighted by Crippen LogP contribution is -2.30. The van der Waals surface area contributed by atoms with Gasteiger partial charge in [0.2, 0.25) is 5.88 Å². The van der Waals surface area contributed by atoms with Gasteiger partial charge in [-0.15, -0.1) is 0 Å². The second-order valence-corrected chi connectivity index (χ2v) is 6.50.